The van der Waals surface area contributed by atoms with E-state index in [2.05, 4.69) is 30.0 Å². The topological polar surface area (TPSA) is 62.4 Å². The summed E-state index contributed by atoms with van der Waals surface area (Å²) in [7, 11) is 0. The third-order valence-corrected chi connectivity index (χ3v) is 5.47. The van der Waals surface area contributed by atoms with Crippen LogP contribution in [0.4, 0.5) is 0 Å². The van der Waals surface area contributed by atoms with Crippen LogP contribution < -0.4 is 20.9 Å². The van der Waals surface area contributed by atoms with Crippen molar-refractivity contribution in [3.8, 4) is 5.75 Å². The Morgan fingerprint density at radius 2 is 2.00 bits per heavy atom. The van der Waals surface area contributed by atoms with Gasteiger partial charge in [-0.1, -0.05) is 38.8 Å². The highest BCUT2D eigenvalue weighted by atomic mass is 32.1. The zero-order chi connectivity index (χ0) is 18.4. The minimum atomic E-state index is -0.268. The molecule has 0 bridgehead atoms. The van der Waals surface area contributed by atoms with E-state index in [9.17, 15) is 4.79 Å². The highest BCUT2D eigenvalue weighted by Gasteiger charge is 2.27. The van der Waals surface area contributed by atoms with Gasteiger partial charge in [-0.3, -0.25) is 15.6 Å². The van der Waals surface area contributed by atoms with E-state index in [1.54, 1.807) is 0 Å². The van der Waals surface area contributed by atoms with Crippen LogP contribution in [0.1, 0.15) is 44.2 Å². The Morgan fingerprint density at radius 3 is 2.76 bits per heavy atom. The van der Waals surface area contributed by atoms with Crippen molar-refractivity contribution in [3.63, 3.8) is 0 Å². The third kappa shape index (κ3) is 5.59. The third-order valence-electron chi connectivity index (χ3n) is 5.25. The lowest BCUT2D eigenvalue weighted by molar-refractivity contribution is -0.123. The highest BCUT2D eigenvalue weighted by molar-refractivity contribution is 7.80. The van der Waals surface area contributed by atoms with Gasteiger partial charge in [0.2, 0.25) is 0 Å². The van der Waals surface area contributed by atoms with Crippen molar-refractivity contribution < 1.29 is 9.53 Å². The van der Waals surface area contributed by atoms with Gasteiger partial charge in [0.05, 0.1) is 0 Å². The van der Waals surface area contributed by atoms with Crippen LogP contribution in [0.15, 0.2) is 18.2 Å². The van der Waals surface area contributed by atoms with Crippen LogP contribution in [0.25, 0.3) is 0 Å². The summed E-state index contributed by atoms with van der Waals surface area (Å²) in [4.78, 5) is 11.9. The number of nitrogens with one attached hydrogen (secondary N) is 3. The summed E-state index contributed by atoms with van der Waals surface area (Å²) in [6.45, 7) is 8.46. The van der Waals surface area contributed by atoms with Crippen molar-refractivity contribution in [1.82, 2.24) is 16.2 Å². The Morgan fingerprint density at radius 1 is 1.24 bits per heavy atom. The van der Waals surface area contributed by atoms with E-state index >= 15 is 0 Å². The number of hydrazine groups is 1. The maximum absolute atomic E-state index is 11.9. The highest BCUT2D eigenvalue weighted by Crippen LogP contribution is 2.29. The number of hydrogen-bond donors (Lipinski definition) is 3. The number of thiocarbonyl (C=S) groups is 1. The van der Waals surface area contributed by atoms with Crippen LogP contribution in [0.3, 0.4) is 0 Å². The van der Waals surface area contributed by atoms with E-state index < -0.39 is 0 Å². The van der Waals surface area contributed by atoms with Gasteiger partial charge >= 0.3 is 0 Å². The molecule has 1 amide bonds. The second kappa shape index (κ2) is 9.04. The number of amides is 1. The second-order valence-corrected chi connectivity index (χ2v) is 7.42. The molecule has 0 saturated heterocycles. The monoisotopic (exact) mass is 363 g/mol. The first-order valence-corrected chi connectivity index (χ1v) is 9.33. The standard InChI is InChI=1S/C19H29N3O2S/c1-12-7-5-9-16(14(12)3)20-19(25)22-21-18(23)11-24-17-10-6-8-13(2)15(17)4/h6,8,10,12,14,16H,5,7,9,11H2,1-4H3,(H,21,23)(H2,20,22,25)/t12-,14-,16-/m0/s1. The number of carbonyl (C=O) groups is 1. The van der Waals surface area contributed by atoms with Gasteiger partial charge in [0.25, 0.3) is 5.91 Å². The minimum Gasteiger partial charge on any atom is -0.483 e. The Labute approximate surface area is 155 Å². The Bertz CT molecular complexity index is 621. The number of aryl methyl sites for hydroxylation is 1. The van der Waals surface area contributed by atoms with Crippen molar-refractivity contribution in [2.24, 2.45) is 11.8 Å². The molecular weight excluding hydrogens is 334 g/mol. The smallest absolute Gasteiger partial charge is 0.276 e. The summed E-state index contributed by atoms with van der Waals surface area (Å²) < 4.78 is 5.58. The Hall–Kier alpha value is -1.82. The summed E-state index contributed by atoms with van der Waals surface area (Å²) in [6.07, 6.45) is 3.59. The van der Waals surface area contributed by atoms with Gasteiger partial charge in [-0.15, -0.1) is 0 Å². The molecule has 0 aromatic heterocycles. The molecule has 6 heteroatoms. The van der Waals surface area contributed by atoms with Crippen molar-refractivity contribution in [1.29, 1.82) is 0 Å². The fourth-order valence-electron chi connectivity index (χ4n) is 3.18. The Balaban J connectivity index is 1.72. The van der Waals surface area contributed by atoms with Gasteiger partial charge in [-0.2, -0.15) is 0 Å². The van der Waals surface area contributed by atoms with Crippen LogP contribution in [0, 0.1) is 25.7 Å². The van der Waals surface area contributed by atoms with Crippen LogP contribution in [-0.4, -0.2) is 23.7 Å². The molecule has 1 aromatic carbocycles. The maximum Gasteiger partial charge on any atom is 0.276 e. The van der Waals surface area contributed by atoms with E-state index in [-0.39, 0.29) is 12.5 Å². The molecule has 1 saturated carbocycles. The molecule has 1 fully saturated rings. The van der Waals surface area contributed by atoms with Gasteiger partial charge < -0.3 is 10.1 Å². The van der Waals surface area contributed by atoms with Crippen molar-refractivity contribution >= 4 is 23.2 Å². The van der Waals surface area contributed by atoms with E-state index in [1.165, 1.54) is 12.8 Å². The van der Waals surface area contributed by atoms with Crippen LogP contribution in [-0.2, 0) is 4.79 Å². The lowest BCUT2D eigenvalue weighted by atomic mass is 9.78. The first-order valence-electron chi connectivity index (χ1n) is 8.93. The molecule has 0 radical (unpaired) electrons. The van der Waals surface area contributed by atoms with E-state index in [0.717, 1.165) is 23.3 Å². The maximum atomic E-state index is 11.9. The first-order chi connectivity index (χ1) is 11.9. The van der Waals surface area contributed by atoms with Gasteiger partial charge in [0, 0.05) is 6.04 Å². The number of benzene rings is 1. The fourth-order valence-corrected chi connectivity index (χ4v) is 3.38. The summed E-state index contributed by atoms with van der Waals surface area (Å²) in [5.41, 5.74) is 7.53. The zero-order valence-electron chi connectivity index (χ0n) is 15.5. The van der Waals surface area contributed by atoms with Gasteiger partial charge in [0.1, 0.15) is 5.75 Å². The average Bonchev–Trinajstić information content (AvgIpc) is 2.58. The van der Waals surface area contributed by atoms with E-state index in [1.807, 2.05) is 32.0 Å². The number of rotatable bonds is 4. The predicted octanol–water partition coefficient (Wildman–Crippen LogP) is 3.00. The summed E-state index contributed by atoms with van der Waals surface area (Å²) >= 11 is 5.28. The molecule has 0 aliphatic heterocycles. The van der Waals surface area contributed by atoms with Crippen LogP contribution in [0.2, 0.25) is 0 Å². The molecule has 138 valence electrons. The molecule has 3 atom stereocenters. The van der Waals surface area contributed by atoms with Gasteiger partial charge in [-0.25, -0.2) is 0 Å². The molecular formula is C19H29N3O2S. The SMILES string of the molecule is Cc1cccc(OCC(=O)NNC(=S)N[C@H]2CCC[C@H](C)[C@@H]2C)c1C. The molecule has 2 rings (SSSR count). The Kier molecular flexibility index (Phi) is 7.05. The molecule has 3 N–H and O–H groups in total. The number of carbonyl (C=O) groups excluding carboxylic acids is 1. The summed E-state index contributed by atoms with van der Waals surface area (Å²) in [6, 6.07) is 6.15. The predicted molar refractivity (Wildman–Crippen MR) is 104 cm³/mol. The van der Waals surface area contributed by atoms with Crippen molar-refractivity contribution in [2.45, 2.75) is 53.0 Å². The molecule has 5 nitrogen and oxygen atoms in total. The zero-order valence-corrected chi connectivity index (χ0v) is 16.3. The number of hydrogen-bond acceptors (Lipinski definition) is 3. The quantitative estimate of drug-likeness (QED) is 0.567. The normalized spacial score (nSPS) is 22.8. The minimum absolute atomic E-state index is 0.0588. The van der Waals surface area contributed by atoms with E-state index in [0.29, 0.717) is 23.0 Å². The van der Waals surface area contributed by atoms with Crippen molar-refractivity contribution in [3.05, 3.63) is 29.3 Å². The lowest BCUT2D eigenvalue weighted by Gasteiger charge is -2.35. The van der Waals surface area contributed by atoms with Gasteiger partial charge in [-0.05, 0) is 61.5 Å². The molecule has 0 heterocycles. The second-order valence-electron chi connectivity index (χ2n) is 7.01. The molecule has 1 aromatic rings. The summed E-state index contributed by atoms with van der Waals surface area (Å²) in [5.74, 6) is 1.71. The van der Waals surface area contributed by atoms with Crippen molar-refractivity contribution in [2.75, 3.05) is 6.61 Å². The molecule has 25 heavy (non-hydrogen) atoms. The molecule has 1 aliphatic rings. The lowest BCUT2D eigenvalue weighted by Crippen LogP contribution is -2.53. The van der Waals surface area contributed by atoms with Crippen LogP contribution >= 0.6 is 12.2 Å². The molecule has 0 spiro atoms. The summed E-state index contributed by atoms with van der Waals surface area (Å²) in [5, 5.41) is 3.76. The van der Waals surface area contributed by atoms with Crippen LogP contribution in [0.5, 0.6) is 5.75 Å². The molecule has 1 aliphatic carbocycles. The first kappa shape index (κ1) is 19.5. The van der Waals surface area contributed by atoms with Gasteiger partial charge in [0.15, 0.2) is 11.7 Å². The average molecular weight is 364 g/mol. The molecule has 0 unspecified atom stereocenters. The van der Waals surface area contributed by atoms with E-state index in [4.69, 9.17) is 17.0 Å². The number of ether oxygens (including phenoxy) is 1. The fraction of sp³-hybridized carbons (Fsp3) is 0.579. The largest absolute Gasteiger partial charge is 0.483 e.